The van der Waals surface area contributed by atoms with E-state index >= 15 is 0 Å². The Labute approximate surface area is 292 Å². The van der Waals surface area contributed by atoms with Gasteiger partial charge in [-0.05, 0) is 89.2 Å². The summed E-state index contributed by atoms with van der Waals surface area (Å²) >= 11 is 16.0. The van der Waals surface area contributed by atoms with Crippen LogP contribution in [0.5, 0.6) is 11.5 Å². The number of carbonyl (C=O) groups is 1. The van der Waals surface area contributed by atoms with Crippen LogP contribution in [0.3, 0.4) is 0 Å². The van der Waals surface area contributed by atoms with Gasteiger partial charge in [0.2, 0.25) is 0 Å². The van der Waals surface area contributed by atoms with Crippen molar-refractivity contribution in [2.75, 3.05) is 12.4 Å². The SMILES string of the molecule is COc1cc(/C=c2\sc3n(c2=O)C(c2ccc(Cl)cc2)C(C(=O)Nc2ccccc2)=C(C)N=3)cc(I)c1OCc1ccccc1Cl. The predicted molar refractivity (Wildman–Crippen MR) is 192 cm³/mol. The number of thiazole rings is 1. The van der Waals surface area contributed by atoms with Gasteiger partial charge in [0.05, 0.1) is 32.5 Å². The van der Waals surface area contributed by atoms with Gasteiger partial charge in [0, 0.05) is 21.3 Å². The van der Waals surface area contributed by atoms with Crippen LogP contribution >= 0.6 is 57.1 Å². The van der Waals surface area contributed by atoms with Gasteiger partial charge in [-0.25, -0.2) is 4.99 Å². The maximum Gasteiger partial charge on any atom is 0.271 e. The number of allylic oxidation sites excluding steroid dienone is 1. The van der Waals surface area contributed by atoms with Crippen LogP contribution in [-0.4, -0.2) is 17.6 Å². The number of anilines is 1. The first-order chi connectivity index (χ1) is 22.2. The van der Waals surface area contributed by atoms with Gasteiger partial charge in [-0.2, -0.15) is 0 Å². The van der Waals surface area contributed by atoms with Crippen molar-refractivity contribution in [3.63, 3.8) is 0 Å². The van der Waals surface area contributed by atoms with Gasteiger partial charge in [0.1, 0.15) is 6.61 Å². The molecule has 0 aliphatic carbocycles. The van der Waals surface area contributed by atoms with Crippen molar-refractivity contribution >= 4 is 74.8 Å². The third-order valence-corrected chi connectivity index (χ3v) is 9.77. The lowest BCUT2D eigenvalue weighted by Crippen LogP contribution is -2.40. The van der Waals surface area contributed by atoms with E-state index in [0.29, 0.717) is 47.8 Å². The zero-order chi connectivity index (χ0) is 32.4. The lowest BCUT2D eigenvalue weighted by atomic mass is 9.95. The molecule has 0 bridgehead atoms. The molecule has 232 valence electrons. The number of hydrogen-bond acceptors (Lipinski definition) is 6. The van der Waals surface area contributed by atoms with E-state index in [4.69, 9.17) is 37.7 Å². The summed E-state index contributed by atoms with van der Waals surface area (Å²) in [5.74, 6) is 0.759. The van der Waals surface area contributed by atoms with Crippen LogP contribution in [0.15, 0.2) is 112 Å². The highest BCUT2D eigenvalue weighted by atomic mass is 127. The molecule has 5 aromatic rings. The zero-order valence-corrected chi connectivity index (χ0v) is 29.1. The van der Waals surface area contributed by atoms with Crippen molar-refractivity contribution in [1.29, 1.82) is 0 Å². The number of ether oxygens (including phenoxy) is 2. The van der Waals surface area contributed by atoms with E-state index in [9.17, 15) is 9.59 Å². The van der Waals surface area contributed by atoms with Crippen molar-refractivity contribution in [2.45, 2.75) is 19.6 Å². The molecule has 1 unspecified atom stereocenters. The molecule has 0 radical (unpaired) electrons. The number of nitrogens with one attached hydrogen (secondary N) is 1. The number of hydrogen-bond donors (Lipinski definition) is 1. The molecule has 1 atom stereocenters. The smallest absolute Gasteiger partial charge is 0.271 e. The predicted octanol–water partition coefficient (Wildman–Crippen LogP) is 7.37. The molecule has 0 saturated carbocycles. The largest absolute Gasteiger partial charge is 0.493 e. The van der Waals surface area contributed by atoms with Gasteiger partial charge in [0.25, 0.3) is 11.5 Å². The first-order valence-electron chi connectivity index (χ1n) is 14.1. The van der Waals surface area contributed by atoms with E-state index in [1.165, 1.54) is 11.3 Å². The van der Waals surface area contributed by atoms with Crippen LogP contribution in [0.25, 0.3) is 6.08 Å². The molecule has 1 N–H and O–H groups in total. The molecular formula is C35H26Cl2IN3O4S. The molecule has 46 heavy (non-hydrogen) atoms. The van der Waals surface area contributed by atoms with Crippen LogP contribution in [0.1, 0.15) is 29.7 Å². The van der Waals surface area contributed by atoms with Crippen LogP contribution in [0.4, 0.5) is 5.69 Å². The normalized spacial score (nSPS) is 14.5. The molecule has 1 aromatic heterocycles. The van der Waals surface area contributed by atoms with Crippen molar-refractivity contribution in [2.24, 2.45) is 4.99 Å². The molecule has 6 rings (SSSR count). The molecule has 4 aromatic carbocycles. The second kappa shape index (κ2) is 13.8. The minimum atomic E-state index is -0.713. The number of benzene rings is 4. The summed E-state index contributed by atoms with van der Waals surface area (Å²) in [7, 11) is 1.57. The standard InChI is InChI=1S/C35H26Cl2IN3O4S/c1-20-30(33(42)40-25-9-4-3-5-10-25)31(22-12-14-24(36)15-13-22)41-34(43)29(46-35(41)39-20)18-21-16-27(38)32(28(17-21)44-2)45-19-23-8-6-7-11-26(23)37/h3-18,31H,19H2,1-2H3,(H,40,42)/b29-18-. The second-order valence-electron chi connectivity index (χ2n) is 10.4. The number of fused-ring (bicyclic) bond motifs is 1. The summed E-state index contributed by atoms with van der Waals surface area (Å²) in [5, 5.41) is 4.13. The van der Waals surface area contributed by atoms with Crippen molar-refractivity contribution in [3.05, 3.63) is 152 Å². The fourth-order valence-corrected chi connectivity index (χ4v) is 7.32. The Hall–Kier alpha value is -3.90. The monoisotopic (exact) mass is 781 g/mol. The number of nitrogens with zero attached hydrogens (tertiary/aromatic N) is 2. The van der Waals surface area contributed by atoms with Crippen LogP contribution in [0, 0.1) is 3.57 Å². The maximum atomic E-state index is 14.1. The highest BCUT2D eigenvalue weighted by Gasteiger charge is 2.32. The molecule has 0 fully saturated rings. The van der Waals surface area contributed by atoms with E-state index in [1.54, 1.807) is 36.8 Å². The van der Waals surface area contributed by atoms with Crippen molar-refractivity contribution in [1.82, 2.24) is 4.57 Å². The lowest BCUT2D eigenvalue weighted by molar-refractivity contribution is -0.113. The molecule has 1 amide bonds. The number of halogens is 3. The minimum Gasteiger partial charge on any atom is -0.493 e. The van der Waals surface area contributed by atoms with E-state index in [1.807, 2.05) is 78.9 Å². The van der Waals surface area contributed by atoms with Gasteiger partial charge in [0.15, 0.2) is 16.3 Å². The van der Waals surface area contributed by atoms with Crippen LogP contribution < -0.4 is 29.7 Å². The summed E-state index contributed by atoms with van der Waals surface area (Å²) in [4.78, 5) is 33.1. The quantitative estimate of drug-likeness (QED) is 0.167. The summed E-state index contributed by atoms with van der Waals surface area (Å²) < 4.78 is 14.6. The first kappa shape index (κ1) is 32.1. The maximum absolute atomic E-state index is 14.1. The van der Waals surface area contributed by atoms with Crippen molar-refractivity contribution < 1.29 is 14.3 Å². The number of carbonyl (C=O) groups excluding carboxylic acids is 1. The zero-order valence-electron chi connectivity index (χ0n) is 24.6. The van der Waals surface area contributed by atoms with Gasteiger partial charge in [-0.1, -0.05) is 83.1 Å². The topological polar surface area (TPSA) is 81.9 Å². The number of rotatable bonds is 8. The summed E-state index contributed by atoms with van der Waals surface area (Å²) in [6.45, 7) is 2.06. The van der Waals surface area contributed by atoms with E-state index in [-0.39, 0.29) is 18.1 Å². The van der Waals surface area contributed by atoms with Gasteiger partial charge in [-0.3, -0.25) is 14.2 Å². The van der Waals surface area contributed by atoms with Gasteiger partial charge < -0.3 is 14.8 Å². The fourth-order valence-electron chi connectivity index (χ4n) is 5.17. The molecule has 7 nitrogen and oxygen atoms in total. The van der Waals surface area contributed by atoms with E-state index in [0.717, 1.165) is 20.3 Å². The fraction of sp³-hybridized carbons (Fsp3) is 0.114. The van der Waals surface area contributed by atoms with E-state index < -0.39 is 6.04 Å². The second-order valence-corrected chi connectivity index (χ2v) is 13.4. The average molecular weight is 782 g/mol. The minimum absolute atomic E-state index is 0.269. The van der Waals surface area contributed by atoms with Crippen LogP contribution in [-0.2, 0) is 11.4 Å². The van der Waals surface area contributed by atoms with Crippen molar-refractivity contribution in [3.8, 4) is 11.5 Å². The molecule has 2 heterocycles. The van der Waals surface area contributed by atoms with Gasteiger partial charge >= 0.3 is 0 Å². The summed E-state index contributed by atoms with van der Waals surface area (Å²) in [5.41, 5.74) is 3.61. The molecule has 11 heteroatoms. The molecular weight excluding hydrogens is 756 g/mol. The average Bonchev–Trinajstić information content (AvgIpc) is 3.34. The third-order valence-electron chi connectivity index (χ3n) is 7.36. The number of para-hydroxylation sites is 1. The first-order valence-corrected chi connectivity index (χ1v) is 16.8. The van der Waals surface area contributed by atoms with E-state index in [2.05, 4.69) is 27.9 Å². The Morgan fingerprint density at radius 2 is 1.76 bits per heavy atom. The number of amides is 1. The molecule has 1 aliphatic rings. The molecule has 1 aliphatic heterocycles. The Balaban J connectivity index is 1.40. The molecule has 0 saturated heterocycles. The molecule has 0 spiro atoms. The Kier molecular flexibility index (Phi) is 9.65. The third kappa shape index (κ3) is 6.64. The Morgan fingerprint density at radius 1 is 1.04 bits per heavy atom. The van der Waals surface area contributed by atoms with Gasteiger partial charge in [-0.15, -0.1) is 0 Å². The highest BCUT2D eigenvalue weighted by Crippen LogP contribution is 2.36. The highest BCUT2D eigenvalue weighted by molar-refractivity contribution is 14.1. The number of methoxy groups -OCH3 is 1. The Bertz CT molecular complexity index is 2160. The Morgan fingerprint density at radius 3 is 2.48 bits per heavy atom. The summed E-state index contributed by atoms with van der Waals surface area (Å²) in [6.07, 6.45) is 1.80. The lowest BCUT2D eigenvalue weighted by Gasteiger charge is -2.25. The number of aromatic nitrogens is 1. The van der Waals surface area contributed by atoms with Crippen LogP contribution in [0.2, 0.25) is 10.0 Å². The summed E-state index contributed by atoms with van der Waals surface area (Å²) in [6, 6.07) is 26.9.